The van der Waals surface area contributed by atoms with Crippen LogP contribution in [0.5, 0.6) is 0 Å². The Bertz CT molecular complexity index is 690. The highest BCUT2D eigenvalue weighted by Crippen LogP contribution is 2.16. The van der Waals surface area contributed by atoms with Gasteiger partial charge in [0, 0.05) is 25.1 Å². The Hall–Kier alpha value is -2.37. The minimum atomic E-state index is -0.183. The highest BCUT2D eigenvalue weighted by atomic mass is 19.1. The molecule has 0 saturated heterocycles. The van der Waals surface area contributed by atoms with Crippen LogP contribution in [0.4, 0.5) is 4.39 Å². The molecule has 2 rings (SSSR count). The van der Waals surface area contributed by atoms with Crippen LogP contribution >= 0.6 is 0 Å². The molecule has 5 nitrogen and oxygen atoms in total. The van der Waals surface area contributed by atoms with Gasteiger partial charge < -0.3 is 15.2 Å². The fourth-order valence-electron chi connectivity index (χ4n) is 2.81. The van der Waals surface area contributed by atoms with Crippen molar-refractivity contribution in [1.82, 2.24) is 15.8 Å². The first kappa shape index (κ1) is 19.9. The number of hydrogen-bond donors (Lipinski definition) is 2. The van der Waals surface area contributed by atoms with Gasteiger partial charge in [0.25, 0.3) is 0 Å². The minimum Gasteiger partial charge on any atom is -0.361 e. The molecule has 0 aliphatic heterocycles. The Kier molecular flexibility index (Phi) is 8.12. The normalized spacial score (nSPS) is 11.6. The lowest BCUT2D eigenvalue weighted by Crippen LogP contribution is -2.37. The van der Waals surface area contributed by atoms with Gasteiger partial charge in [0.15, 0.2) is 5.96 Å². The van der Waals surface area contributed by atoms with E-state index >= 15 is 0 Å². The van der Waals surface area contributed by atoms with E-state index < -0.39 is 0 Å². The van der Waals surface area contributed by atoms with Crippen molar-refractivity contribution in [2.24, 2.45) is 4.99 Å². The van der Waals surface area contributed by atoms with Crippen LogP contribution in [0.2, 0.25) is 0 Å². The molecule has 0 amide bonds. The van der Waals surface area contributed by atoms with Crippen LogP contribution in [0, 0.1) is 5.82 Å². The number of halogens is 1. The highest BCUT2D eigenvalue weighted by molar-refractivity contribution is 5.79. The first-order chi connectivity index (χ1) is 12.7. The number of hydrogen-bond acceptors (Lipinski definition) is 3. The molecule has 0 atom stereocenters. The molecule has 0 radical (unpaired) electrons. The summed E-state index contributed by atoms with van der Waals surface area (Å²) >= 11 is 0. The fourth-order valence-corrected chi connectivity index (χ4v) is 2.81. The third-order valence-electron chi connectivity index (χ3n) is 4.17. The second kappa shape index (κ2) is 10.6. The Morgan fingerprint density at radius 2 is 2.04 bits per heavy atom. The fraction of sp³-hybridized carbons (Fsp3) is 0.500. The van der Waals surface area contributed by atoms with Crippen molar-refractivity contribution in [3.8, 4) is 0 Å². The van der Waals surface area contributed by atoms with Gasteiger partial charge in [-0.1, -0.05) is 31.1 Å². The first-order valence-electron chi connectivity index (χ1n) is 9.40. The second-order valence-electron chi connectivity index (χ2n) is 6.09. The number of aliphatic imine (C=N–C) groups is 1. The molecule has 1 heterocycles. The third kappa shape index (κ3) is 5.86. The number of benzene rings is 1. The van der Waals surface area contributed by atoms with E-state index in [9.17, 15) is 4.39 Å². The van der Waals surface area contributed by atoms with Crippen molar-refractivity contribution >= 4 is 5.96 Å². The first-order valence-corrected chi connectivity index (χ1v) is 9.40. The summed E-state index contributed by atoms with van der Waals surface area (Å²) in [5.41, 5.74) is 3.08. The lowest BCUT2D eigenvalue weighted by atomic mass is 10.1. The Labute approximate surface area is 155 Å². The molecule has 0 spiro atoms. The van der Waals surface area contributed by atoms with Gasteiger partial charge in [-0.05, 0) is 43.9 Å². The van der Waals surface area contributed by atoms with Gasteiger partial charge in [-0.3, -0.25) is 0 Å². The molecule has 0 unspecified atom stereocenters. The Morgan fingerprint density at radius 1 is 1.19 bits per heavy atom. The molecule has 2 aromatic rings. The molecule has 26 heavy (non-hydrogen) atoms. The molecule has 0 aliphatic rings. The molecule has 6 heteroatoms. The zero-order valence-electron chi connectivity index (χ0n) is 15.9. The SMILES string of the molecule is CCNC(=NCc1c(CC)noc1CC)NCCCc1cccc(F)c1. The number of rotatable bonds is 9. The summed E-state index contributed by atoms with van der Waals surface area (Å²) in [4.78, 5) is 4.67. The van der Waals surface area contributed by atoms with E-state index in [1.54, 1.807) is 12.1 Å². The van der Waals surface area contributed by atoms with Gasteiger partial charge in [0.1, 0.15) is 11.6 Å². The molecule has 1 aromatic carbocycles. The maximum Gasteiger partial charge on any atom is 0.191 e. The molecule has 0 aliphatic carbocycles. The monoisotopic (exact) mass is 360 g/mol. The van der Waals surface area contributed by atoms with Crippen molar-refractivity contribution in [1.29, 1.82) is 0 Å². The highest BCUT2D eigenvalue weighted by Gasteiger charge is 2.13. The largest absolute Gasteiger partial charge is 0.361 e. The molecule has 0 bridgehead atoms. The summed E-state index contributed by atoms with van der Waals surface area (Å²) < 4.78 is 18.6. The molecule has 0 fully saturated rings. The van der Waals surface area contributed by atoms with Crippen molar-refractivity contribution in [3.05, 3.63) is 52.7 Å². The van der Waals surface area contributed by atoms with Crippen LogP contribution in [0.15, 0.2) is 33.8 Å². The van der Waals surface area contributed by atoms with Crippen LogP contribution in [0.25, 0.3) is 0 Å². The van der Waals surface area contributed by atoms with E-state index in [4.69, 9.17) is 4.52 Å². The van der Waals surface area contributed by atoms with Crippen LogP contribution in [-0.2, 0) is 25.8 Å². The van der Waals surface area contributed by atoms with Crippen molar-refractivity contribution in [3.63, 3.8) is 0 Å². The maximum absolute atomic E-state index is 13.2. The molecular formula is C20H29FN4O. The molecule has 142 valence electrons. The standard InChI is InChI=1S/C20H29FN4O/c1-4-18-17(19(5-2)26-25-18)14-24-20(22-6-3)23-12-8-10-15-9-7-11-16(21)13-15/h7,9,11,13H,4-6,8,10,12,14H2,1-3H3,(H2,22,23,24). The lowest BCUT2D eigenvalue weighted by molar-refractivity contribution is 0.380. The van der Waals surface area contributed by atoms with Crippen molar-refractivity contribution < 1.29 is 8.91 Å². The van der Waals surface area contributed by atoms with Gasteiger partial charge in [-0.15, -0.1) is 0 Å². The zero-order valence-corrected chi connectivity index (χ0v) is 15.9. The number of nitrogens with one attached hydrogen (secondary N) is 2. The minimum absolute atomic E-state index is 0.183. The summed E-state index contributed by atoms with van der Waals surface area (Å²) in [5.74, 6) is 1.50. The predicted octanol–water partition coefficient (Wildman–Crippen LogP) is 3.63. The summed E-state index contributed by atoms with van der Waals surface area (Å²) in [5, 5.41) is 10.7. The Balaban J connectivity index is 1.89. The summed E-state index contributed by atoms with van der Waals surface area (Å²) in [6, 6.07) is 6.76. The smallest absolute Gasteiger partial charge is 0.191 e. The van der Waals surface area contributed by atoms with Crippen LogP contribution in [-0.4, -0.2) is 24.2 Å². The summed E-state index contributed by atoms with van der Waals surface area (Å²) in [6.45, 7) is 8.28. The van der Waals surface area contributed by atoms with Crippen LogP contribution in [0.1, 0.15) is 49.8 Å². The van der Waals surface area contributed by atoms with Crippen LogP contribution in [0.3, 0.4) is 0 Å². The second-order valence-corrected chi connectivity index (χ2v) is 6.09. The molecule has 0 saturated carbocycles. The third-order valence-corrected chi connectivity index (χ3v) is 4.17. The molecule has 2 N–H and O–H groups in total. The number of nitrogens with zero attached hydrogens (tertiary/aromatic N) is 2. The zero-order chi connectivity index (χ0) is 18.8. The summed E-state index contributed by atoms with van der Waals surface area (Å²) in [6.07, 6.45) is 3.39. The number of aromatic nitrogens is 1. The maximum atomic E-state index is 13.2. The topological polar surface area (TPSA) is 62.5 Å². The van der Waals surface area contributed by atoms with E-state index in [1.807, 2.05) is 13.0 Å². The van der Waals surface area contributed by atoms with E-state index in [1.165, 1.54) is 6.07 Å². The Morgan fingerprint density at radius 3 is 2.73 bits per heavy atom. The van der Waals surface area contributed by atoms with Gasteiger partial charge in [-0.25, -0.2) is 9.38 Å². The number of guanidine groups is 1. The lowest BCUT2D eigenvalue weighted by Gasteiger charge is -2.11. The van der Waals surface area contributed by atoms with E-state index in [2.05, 4.69) is 34.6 Å². The quantitative estimate of drug-likeness (QED) is 0.407. The molecule has 1 aromatic heterocycles. The van der Waals surface area contributed by atoms with Gasteiger partial charge in [-0.2, -0.15) is 0 Å². The summed E-state index contributed by atoms with van der Waals surface area (Å²) in [7, 11) is 0. The van der Waals surface area contributed by atoms with Crippen molar-refractivity contribution in [2.75, 3.05) is 13.1 Å². The van der Waals surface area contributed by atoms with E-state index in [0.717, 1.165) is 67.3 Å². The average molecular weight is 360 g/mol. The average Bonchev–Trinajstić information content (AvgIpc) is 3.05. The predicted molar refractivity (Wildman–Crippen MR) is 103 cm³/mol. The van der Waals surface area contributed by atoms with Crippen LogP contribution < -0.4 is 10.6 Å². The van der Waals surface area contributed by atoms with Gasteiger partial charge in [0.05, 0.1) is 12.2 Å². The van der Waals surface area contributed by atoms with Gasteiger partial charge >= 0.3 is 0 Å². The van der Waals surface area contributed by atoms with Crippen molar-refractivity contribution in [2.45, 2.75) is 53.0 Å². The number of aryl methyl sites for hydroxylation is 3. The molecular weight excluding hydrogens is 331 g/mol. The van der Waals surface area contributed by atoms with E-state index in [0.29, 0.717) is 6.54 Å². The van der Waals surface area contributed by atoms with E-state index in [-0.39, 0.29) is 5.82 Å². The van der Waals surface area contributed by atoms with Gasteiger partial charge in [0.2, 0.25) is 0 Å².